The Morgan fingerprint density at radius 1 is 1.09 bits per heavy atom. The maximum atomic E-state index is 12.4. The number of thiazole rings is 1. The third-order valence-corrected chi connectivity index (χ3v) is 4.62. The largest absolute Gasteiger partial charge is 0.321 e. The minimum atomic E-state index is -0.102. The summed E-state index contributed by atoms with van der Waals surface area (Å²) >= 11 is 1.46. The van der Waals surface area contributed by atoms with E-state index in [1.165, 1.54) is 11.3 Å². The predicted octanol–water partition coefficient (Wildman–Crippen LogP) is 3.88. The summed E-state index contributed by atoms with van der Waals surface area (Å²) in [6, 6.07) is 15.3. The van der Waals surface area contributed by atoms with Gasteiger partial charge in [0.2, 0.25) is 0 Å². The zero-order chi connectivity index (χ0) is 16.1. The van der Waals surface area contributed by atoms with E-state index < -0.39 is 0 Å². The van der Waals surface area contributed by atoms with Crippen molar-refractivity contribution >= 4 is 22.9 Å². The second kappa shape index (κ2) is 7.15. The lowest BCUT2D eigenvalue weighted by Gasteiger charge is -2.02. The van der Waals surface area contributed by atoms with Gasteiger partial charge in [-0.3, -0.25) is 9.78 Å². The maximum absolute atomic E-state index is 12.4. The molecule has 5 heteroatoms. The van der Waals surface area contributed by atoms with Gasteiger partial charge >= 0.3 is 0 Å². The van der Waals surface area contributed by atoms with Crippen LogP contribution in [-0.4, -0.2) is 15.9 Å². The summed E-state index contributed by atoms with van der Waals surface area (Å²) in [4.78, 5) is 21.9. The summed E-state index contributed by atoms with van der Waals surface area (Å²) in [6.07, 6.45) is 3.41. The van der Waals surface area contributed by atoms with Crippen molar-refractivity contribution in [2.24, 2.45) is 0 Å². The van der Waals surface area contributed by atoms with Gasteiger partial charge in [0, 0.05) is 24.0 Å². The molecule has 3 aromatic rings. The van der Waals surface area contributed by atoms with Crippen molar-refractivity contribution in [3.63, 3.8) is 0 Å². The van der Waals surface area contributed by atoms with Crippen LogP contribution in [0.15, 0.2) is 54.7 Å². The lowest BCUT2D eigenvalue weighted by molar-refractivity contribution is 0.103. The highest BCUT2D eigenvalue weighted by Gasteiger charge is 2.15. The number of hydrogen-bond acceptors (Lipinski definition) is 4. The van der Waals surface area contributed by atoms with E-state index in [1.54, 1.807) is 6.20 Å². The number of anilines is 1. The molecule has 0 saturated carbocycles. The number of hydrogen-bond donors (Lipinski definition) is 1. The molecule has 4 nitrogen and oxygen atoms in total. The van der Waals surface area contributed by atoms with Crippen LogP contribution >= 0.6 is 11.3 Å². The van der Waals surface area contributed by atoms with E-state index in [-0.39, 0.29) is 5.91 Å². The van der Waals surface area contributed by atoms with Crippen LogP contribution in [0.1, 0.15) is 26.1 Å². The molecule has 0 fully saturated rings. The molecule has 2 aromatic heterocycles. The van der Waals surface area contributed by atoms with Crippen molar-refractivity contribution < 1.29 is 4.79 Å². The number of aromatic nitrogens is 2. The van der Waals surface area contributed by atoms with Gasteiger partial charge in [0.05, 0.1) is 10.7 Å². The summed E-state index contributed by atoms with van der Waals surface area (Å²) in [5, 5.41) is 3.87. The Morgan fingerprint density at radius 3 is 2.61 bits per heavy atom. The lowest BCUT2D eigenvalue weighted by Crippen LogP contribution is -2.11. The van der Waals surface area contributed by atoms with E-state index in [4.69, 9.17) is 0 Å². The Balaban J connectivity index is 1.67. The van der Waals surface area contributed by atoms with E-state index >= 15 is 0 Å². The number of amides is 1. The zero-order valence-electron chi connectivity index (χ0n) is 12.8. The Labute approximate surface area is 139 Å². The van der Waals surface area contributed by atoms with E-state index in [1.807, 2.05) is 55.5 Å². The summed E-state index contributed by atoms with van der Waals surface area (Å²) in [7, 11) is 0. The summed E-state index contributed by atoms with van der Waals surface area (Å²) < 4.78 is 0. The smallest absolute Gasteiger partial charge is 0.267 e. The number of rotatable bonds is 5. The van der Waals surface area contributed by atoms with Crippen LogP contribution in [0, 0.1) is 6.92 Å². The number of aryl methyl sites for hydroxylation is 3. The molecule has 1 aromatic carbocycles. The maximum Gasteiger partial charge on any atom is 0.267 e. The zero-order valence-corrected chi connectivity index (χ0v) is 13.6. The first-order chi connectivity index (χ1) is 11.2. The van der Waals surface area contributed by atoms with Crippen molar-refractivity contribution in [3.8, 4) is 0 Å². The fourth-order valence-electron chi connectivity index (χ4n) is 2.26. The van der Waals surface area contributed by atoms with Crippen LogP contribution in [0.3, 0.4) is 0 Å². The SMILES string of the molecule is Cc1nc(CCc2ccccn2)sc1C(=O)Nc1ccccc1. The number of nitrogens with one attached hydrogen (secondary N) is 1. The van der Waals surface area contributed by atoms with Gasteiger partial charge in [-0.15, -0.1) is 11.3 Å². The molecule has 1 N–H and O–H groups in total. The average Bonchev–Trinajstić information content (AvgIpc) is 2.96. The molecule has 0 spiro atoms. The number of pyridine rings is 1. The number of nitrogens with zero attached hydrogens (tertiary/aromatic N) is 2. The van der Waals surface area contributed by atoms with Gasteiger partial charge in [0.1, 0.15) is 4.88 Å². The summed E-state index contributed by atoms with van der Waals surface area (Å²) in [6.45, 7) is 1.88. The first kappa shape index (κ1) is 15.4. The van der Waals surface area contributed by atoms with Gasteiger partial charge in [0.15, 0.2) is 0 Å². The topological polar surface area (TPSA) is 54.9 Å². The fraction of sp³-hybridized carbons (Fsp3) is 0.167. The van der Waals surface area contributed by atoms with Gasteiger partial charge in [-0.2, -0.15) is 0 Å². The molecule has 0 aliphatic heterocycles. The first-order valence-corrected chi connectivity index (χ1v) is 8.26. The Morgan fingerprint density at radius 2 is 1.87 bits per heavy atom. The molecule has 0 radical (unpaired) electrons. The molecule has 0 unspecified atom stereocenters. The van der Waals surface area contributed by atoms with Crippen LogP contribution in [0.4, 0.5) is 5.69 Å². The van der Waals surface area contributed by atoms with Gasteiger partial charge in [-0.1, -0.05) is 24.3 Å². The molecule has 116 valence electrons. The number of carbonyl (C=O) groups excluding carboxylic acids is 1. The second-order valence-electron chi connectivity index (χ2n) is 5.16. The van der Waals surface area contributed by atoms with Gasteiger partial charge in [-0.05, 0) is 37.6 Å². The second-order valence-corrected chi connectivity index (χ2v) is 6.25. The monoisotopic (exact) mass is 323 g/mol. The normalized spacial score (nSPS) is 10.5. The molecule has 0 aliphatic carbocycles. The highest BCUT2D eigenvalue weighted by Crippen LogP contribution is 2.21. The molecular weight excluding hydrogens is 306 g/mol. The van der Waals surface area contributed by atoms with Crippen molar-refractivity contribution in [2.75, 3.05) is 5.32 Å². The molecule has 0 aliphatic rings. The third kappa shape index (κ3) is 4.02. The Hall–Kier alpha value is -2.53. The highest BCUT2D eigenvalue weighted by molar-refractivity contribution is 7.13. The van der Waals surface area contributed by atoms with E-state index in [0.717, 1.165) is 34.9 Å². The van der Waals surface area contributed by atoms with Gasteiger partial charge in [0.25, 0.3) is 5.91 Å². The summed E-state index contributed by atoms with van der Waals surface area (Å²) in [5.41, 5.74) is 2.61. The first-order valence-electron chi connectivity index (χ1n) is 7.45. The average molecular weight is 323 g/mol. The highest BCUT2D eigenvalue weighted by atomic mass is 32.1. The van der Waals surface area contributed by atoms with Gasteiger partial charge in [-0.25, -0.2) is 4.98 Å². The molecule has 0 saturated heterocycles. The molecule has 0 atom stereocenters. The van der Waals surface area contributed by atoms with Crippen LogP contribution < -0.4 is 5.32 Å². The lowest BCUT2D eigenvalue weighted by atomic mass is 10.2. The van der Waals surface area contributed by atoms with Crippen molar-refractivity contribution in [1.29, 1.82) is 0 Å². The molecule has 0 bridgehead atoms. The molecule has 3 rings (SSSR count). The summed E-state index contributed by atoms with van der Waals surface area (Å²) in [5.74, 6) is -0.102. The fourth-order valence-corrected chi connectivity index (χ4v) is 3.22. The Kier molecular flexibility index (Phi) is 4.78. The van der Waals surface area contributed by atoms with Crippen LogP contribution in [0.5, 0.6) is 0 Å². The van der Waals surface area contributed by atoms with Crippen molar-refractivity contribution in [1.82, 2.24) is 9.97 Å². The standard InChI is InChI=1S/C18H17N3OS/c1-13-17(18(22)21-15-8-3-2-4-9-15)23-16(20-13)11-10-14-7-5-6-12-19-14/h2-9,12H,10-11H2,1H3,(H,21,22). The van der Waals surface area contributed by atoms with Crippen LogP contribution in [0.2, 0.25) is 0 Å². The quantitative estimate of drug-likeness (QED) is 0.775. The minimum absolute atomic E-state index is 0.102. The molecule has 2 heterocycles. The van der Waals surface area contributed by atoms with E-state index in [0.29, 0.717) is 4.88 Å². The number of para-hydroxylation sites is 1. The number of benzene rings is 1. The molecule has 1 amide bonds. The minimum Gasteiger partial charge on any atom is -0.321 e. The molecule has 23 heavy (non-hydrogen) atoms. The van der Waals surface area contributed by atoms with E-state index in [2.05, 4.69) is 15.3 Å². The third-order valence-electron chi connectivity index (χ3n) is 3.40. The Bertz CT molecular complexity index is 785. The van der Waals surface area contributed by atoms with Gasteiger partial charge < -0.3 is 5.32 Å². The molecular formula is C18H17N3OS. The number of carbonyl (C=O) groups is 1. The van der Waals surface area contributed by atoms with E-state index in [9.17, 15) is 4.79 Å². The van der Waals surface area contributed by atoms with Crippen LogP contribution in [0.25, 0.3) is 0 Å². The van der Waals surface area contributed by atoms with Crippen LogP contribution in [-0.2, 0) is 12.8 Å². The van der Waals surface area contributed by atoms with Crippen molar-refractivity contribution in [3.05, 3.63) is 76.0 Å². The van der Waals surface area contributed by atoms with Crippen molar-refractivity contribution in [2.45, 2.75) is 19.8 Å². The predicted molar refractivity (Wildman–Crippen MR) is 92.9 cm³/mol.